The summed E-state index contributed by atoms with van der Waals surface area (Å²) in [6.45, 7) is 0.493. The van der Waals surface area contributed by atoms with E-state index in [1.54, 1.807) is 6.20 Å². The highest BCUT2D eigenvalue weighted by atomic mass is 32.2. The first-order valence-corrected chi connectivity index (χ1v) is 7.36. The molecule has 1 unspecified atom stereocenters. The van der Waals surface area contributed by atoms with E-state index in [4.69, 9.17) is 4.42 Å². The number of rotatable bonds is 2. The minimum Gasteiger partial charge on any atom is -0.444 e. The zero-order valence-corrected chi connectivity index (χ0v) is 9.66. The Balaban J connectivity index is 1.80. The number of nitrogens with zero attached hydrogens (tertiary/aromatic N) is 1. The zero-order chi connectivity index (χ0) is 11.2. The summed E-state index contributed by atoms with van der Waals surface area (Å²) in [5.41, 5.74) is 0. The van der Waals surface area contributed by atoms with Crippen molar-refractivity contribution in [3.05, 3.63) is 17.8 Å². The van der Waals surface area contributed by atoms with Crippen LogP contribution in [0, 0.1) is 0 Å². The number of oxazole rings is 1. The second kappa shape index (κ2) is 3.56. The maximum Gasteiger partial charge on any atom is 0.197 e. The molecule has 1 saturated heterocycles. The van der Waals surface area contributed by atoms with Crippen LogP contribution in [0.2, 0.25) is 0 Å². The van der Waals surface area contributed by atoms with Gasteiger partial charge in [-0.3, -0.25) is 0 Å². The highest BCUT2D eigenvalue weighted by Gasteiger charge is 2.32. The van der Waals surface area contributed by atoms with E-state index in [1.165, 1.54) is 0 Å². The number of aromatic nitrogens is 1. The molecule has 1 atom stereocenters. The Morgan fingerprint density at radius 3 is 2.94 bits per heavy atom. The van der Waals surface area contributed by atoms with Gasteiger partial charge in [-0.1, -0.05) is 0 Å². The summed E-state index contributed by atoms with van der Waals surface area (Å²) >= 11 is 0. The predicted molar refractivity (Wildman–Crippen MR) is 57.9 cm³/mol. The van der Waals surface area contributed by atoms with Gasteiger partial charge in [-0.25, -0.2) is 13.4 Å². The molecule has 2 heterocycles. The second-order valence-electron chi connectivity index (χ2n) is 4.50. The summed E-state index contributed by atoms with van der Waals surface area (Å²) < 4.78 is 28.6. The lowest BCUT2D eigenvalue weighted by Gasteiger charge is -2.21. The van der Waals surface area contributed by atoms with Crippen molar-refractivity contribution >= 4 is 9.84 Å². The van der Waals surface area contributed by atoms with Crippen LogP contribution in [-0.4, -0.2) is 31.5 Å². The van der Waals surface area contributed by atoms with Crippen molar-refractivity contribution in [3.63, 3.8) is 0 Å². The third kappa shape index (κ3) is 1.99. The van der Waals surface area contributed by atoms with E-state index in [2.05, 4.69) is 10.3 Å². The molecule has 0 spiro atoms. The fourth-order valence-corrected chi connectivity index (χ4v) is 3.33. The Bertz CT molecular complexity index is 490. The van der Waals surface area contributed by atoms with Gasteiger partial charge in [0.1, 0.15) is 5.76 Å². The molecule has 0 radical (unpaired) electrons. The summed E-state index contributed by atoms with van der Waals surface area (Å²) in [6, 6.07) is -0.223. The van der Waals surface area contributed by atoms with Crippen LogP contribution in [0.25, 0.3) is 0 Å². The van der Waals surface area contributed by atoms with Crippen molar-refractivity contribution in [2.24, 2.45) is 0 Å². The lowest BCUT2D eigenvalue weighted by atomic mass is 10.3. The smallest absolute Gasteiger partial charge is 0.197 e. The Hall–Kier alpha value is -0.880. The van der Waals surface area contributed by atoms with Crippen LogP contribution in [0.5, 0.6) is 0 Å². The van der Waals surface area contributed by atoms with Gasteiger partial charge in [0.25, 0.3) is 0 Å². The van der Waals surface area contributed by atoms with E-state index in [0.717, 1.165) is 18.7 Å². The van der Waals surface area contributed by atoms with Gasteiger partial charge in [0.15, 0.2) is 15.7 Å². The molecule has 1 aromatic rings. The van der Waals surface area contributed by atoms with Gasteiger partial charge < -0.3 is 9.73 Å². The largest absolute Gasteiger partial charge is 0.444 e. The van der Waals surface area contributed by atoms with E-state index in [9.17, 15) is 8.42 Å². The van der Waals surface area contributed by atoms with E-state index in [0.29, 0.717) is 18.2 Å². The molecular weight excluding hydrogens is 228 g/mol. The van der Waals surface area contributed by atoms with Gasteiger partial charge in [-0.05, 0) is 12.8 Å². The molecule has 2 aliphatic rings. The first kappa shape index (κ1) is 10.3. The highest BCUT2D eigenvalue weighted by Crippen LogP contribution is 2.40. The Morgan fingerprint density at radius 2 is 2.25 bits per heavy atom. The molecule has 1 aliphatic heterocycles. The van der Waals surface area contributed by atoms with E-state index >= 15 is 0 Å². The lowest BCUT2D eigenvalue weighted by molar-refractivity contribution is 0.400. The fraction of sp³-hybridized carbons (Fsp3) is 0.700. The summed E-state index contributed by atoms with van der Waals surface area (Å²) in [5, 5.41) is 3.15. The van der Waals surface area contributed by atoms with Crippen molar-refractivity contribution in [1.82, 2.24) is 10.3 Å². The van der Waals surface area contributed by atoms with Crippen LogP contribution >= 0.6 is 0 Å². The molecule has 88 valence electrons. The minimum atomic E-state index is -2.93. The molecule has 0 amide bonds. The van der Waals surface area contributed by atoms with Crippen LogP contribution < -0.4 is 5.32 Å². The quantitative estimate of drug-likeness (QED) is 0.822. The molecule has 1 saturated carbocycles. The molecule has 1 aliphatic carbocycles. The lowest BCUT2D eigenvalue weighted by Crippen LogP contribution is -2.38. The Labute approximate surface area is 94.2 Å². The summed E-state index contributed by atoms with van der Waals surface area (Å²) in [7, 11) is -2.93. The second-order valence-corrected chi connectivity index (χ2v) is 6.72. The molecule has 16 heavy (non-hydrogen) atoms. The molecule has 1 aromatic heterocycles. The number of hydrogen-bond donors (Lipinski definition) is 1. The average molecular weight is 242 g/mol. The molecule has 0 bridgehead atoms. The molecule has 0 aromatic carbocycles. The highest BCUT2D eigenvalue weighted by molar-refractivity contribution is 7.91. The van der Waals surface area contributed by atoms with E-state index in [1.807, 2.05) is 0 Å². The van der Waals surface area contributed by atoms with Crippen molar-refractivity contribution in [2.75, 3.05) is 18.1 Å². The first-order chi connectivity index (χ1) is 7.64. The van der Waals surface area contributed by atoms with Crippen molar-refractivity contribution in [3.8, 4) is 0 Å². The third-order valence-electron chi connectivity index (χ3n) is 3.04. The van der Waals surface area contributed by atoms with Crippen LogP contribution in [-0.2, 0) is 9.84 Å². The summed E-state index contributed by atoms with van der Waals surface area (Å²) in [4.78, 5) is 4.20. The van der Waals surface area contributed by atoms with Crippen molar-refractivity contribution < 1.29 is 12.8 Å². The summed E-state index contributed by atoms with van der Waals surface area (Å²) in [5.74, 6) is 2.22. The molecule has 2 fully saturated rings. The fourth-order valence-electron chi connectivity index (χ4n) is 1.95. The van der Waals surface area contributed by atoms with Crippen molar-refractivity contribution in [2.45, 2.75) is 24.8 Å². The van der Waals surface area contributed by atoms with Gasteiger partial charge in [-0.15, -0.1) is 0 Å². The SMILES string of the molecule is O=S1(=O)CCNC(c2cnc(C3CC3)o2)C1. The molecule has 3 rings (SSSR count). The van der Waals surface area contributed by atoms with Crippen molar-refractivity contribution in [1.29, 1.82) is 0 Å². The maximum absolute atomic E-state index is 11.5. The maximum atomic E-state index is 11.5. The Kier molecular flexibility index (Phi) is 2.29. The Morgan fingerprint density at radius 1 is 1.44 bits per heavy atom. The van der Waals surface area contributed by atoms with Gasteiger partial charge >= 0.3 is 0 Å². The molecule has 6 heteroatoms. The molecular formula is C10H14N2O3S. The van der Waals surface area contributed by atoms with Gasteiger partial charge in [0, 0.05) is 12.5 Å². The summed E-state index contributed by atoms with van der Waals surface area (Å²) in [6.07, 6.45) is 3.93. The van der Waals surface area contributed by atoms with E-state index in [-0.39, 0.29) is 17.5 Å². The van der Waals surface area contributed by atoms with E-state index < -0.39 is 9.84 Å². The minimum absolute atomic E-state index is 0.117. The normalized spacial score (nSPS) is 29.1. The zero-order valence-electron chi connectivity index (χ0n) is 8.85. The molecule has 1 N–H and O–H groups in total. The number of sulfone groups is 1. The average Bonchev–Trinajstić information content (AvgIpc) is 2.95. The molecule has 5 nitrogen and oxygen atoms in total. The standard InChI is InChI=1S/C10H14N2O3S/c13-16(14)4-3-11-8(6-16)9-5-12-10(15-9)7-1-2-7/h5,7-8,11H,1-4,6H2. The monoisotopic (exact) mass is 242 g/mol. The van der Waals surface area contributed by atoms with Crippen LogP contribution in [0.1, 0.15) is 36.5 Å². The predicted octanol–water partition coefficient (Wildman–Crippen LogP) is 0.611. The van der Waals surface area contributed by atoms with Crippen LogP contribution in [0.4, 0.5) is 0 Å². The van der Waals surface area contributed by atoms with Gasteiger partial charge in [-0.2, -0.15) is 0 Å². The van der Waals surface area contributed by atoms with Gasteiger partial charge in [0.05, 0.1) is 23.7 Å². The third-order valence-corrected chi connectivity index (χ3v) is 4.70. The first-order valence-electron chi connectivity index (χ1n) is 5.53. The number of nitrogens with one attached hydrogen (secondary N) is 1. The van der Waals surface area contributed by atoms with Crippen LogP contribution in [0.3, 0.4) is 0 Å². The topological polar surface area (TPSA) is 72.2 Å². The van der Waals surface area contributed by atoms with Gasteiger partial charge in [0.2, 0.25) is 0 Å². The van der Waals surface area contributed by atoms with Crippen LogP contribution in [0.15, 0.2) is 10.6 Å². The number of hydrogen-bond acceptors (Lipinski definition) is 5.